The highest BCUT2D eigenvalue weighted by Gasteiger charge is 2.17. The molecule has 1 unspecified atom stereocenters. The van der Waals surface area contributed by atoms with Crippen molar-refractivity contribution >= 4 is 15.9 Å². The van der Waals surface area contributed by atoms with Crippen LogP contribution in [0.4, 0.5) is 0 Å². The Morgan fingerprint density at radius 3 is 2.53 bits per heavy atom. The Morgan fingerprint density at radius 2 is 1.89 bits per heavy atom. The van der Waals surface area contributed by atoms with E-state index in [-0.39, 0.29) is 6.10 Å². The molecule has 2 rings (SSSR count). The predicted molar refractivity (Wildman–Crippen MR) is 78.2 cm³/mol. The van der Waals surface area contributed by atoms with Crippen LogP contribution in [0.2, 0.25) is 0 Å². The monoisotopic (exact) mass is 321 g/mol. The zero-order valence-electron chi connectivity index (χ0n) is 10.9. The average Bonchev–Trinajstić information content (AvgIpc) is 2.39. The Kier molecular flexibility index (Phi) is 4.56. The molecule has 0 saturated heterocycles. The van der Waals surface area contributed by atoms with Gasteiger partial charge in [0, 0.05) is 16.2 Å². The lowest BCUT2D eigenvalue weighted by atomic mass is 10.0. The van der Waals surface area contributed by atoms with E-state index in [4.69, 9.17) is 4.74 Å². The number of aromatic nitrogens is 1. The zero-order valence-corrected chi connectivity index (χ0v) is 12.5. The fraction of sp³-hybridized carbons (Fsp3) is 0.267. The van der Waals surface area contributed by atoms with Gasteiger partial charge in [-0.1, -0.05) is 18.2 Å². The Morgan fingerprint density at radius 1 is 1.16 bits per heavy atom. The van der Waals surface area contributed by atoms with Crippen molar-refractivity contribution in [2.45, 2.75) is 26.1 Å². The Bertz CT molecular complexity index is 540. The van der Waals surface area contributed by atoms with E-state index in [0.717, 1.165) is 10.0 Å². The van der Waals surface area contributed by atoms with Crippen LogP contribution in [0, 0.1) is 0 Å². The maximum atomic E-state index is 10.4. The number of rotatable bonds is 4. The molecular weight excluding hydrogens is 306 g/mol. The molecule has 3 nitrogen and oxygen atoms in total. The first kappa shape index (κ1) is 14.0. The van der Waals surface area contributed by atoms with Gasteiger partial charge in [-0.25, -0.2) is 0 Å². The van der Waals surface area contributed by atoms with Gasteiger partial charge in [0.1, 0.15) is 11.9 Å². The van der Waals surface area contributed by atoms with Crippen molar-refractivity contribution in [1.82, 2.24) is 4.98 Å². The van der Waals surface area contributed by atoms with Gasteiger partial charge in [-0.2, -0.15) is 0 Å². The van der Waals surface area contributed by atoms with E-state index in [1.807, 2.05) is 44.2 Å². The van der Waals surface area contributed by atoms with E-state index < -0.39 is 6.10 Å². The summed E-state index contributed by atoms with van der Waals surface area (Å²) < 4.78 is 6.60. The maximum Gasteiger partial charge on any atom is 0.125 e. The maximum absolute atomic E-state index is 10.4. The number of benzene rings is 1. The molecule has 2 aromatic rings. The number of hydrogen-bond donors (Lipinski definition) is 1. The van der Waals surface area contributed by atoms with Crippen molar-refractivity contribution in [3.05, 3.63) is 58.3 Å². The number of halogens is 1. The molecular formula is C15H16BrNO2. The van der Waals surface area contributed by atoms with Crippen LogP contribution in [0.25, 0.3) is 0 Å². The lowest BCUT2D eigenvalue weighted by molar-refractivity contribution is 0.195. The van der Waals surface area contributed by atoms with Crippen molar-refractivity contribution in [3.8, 4) is 5.75 Å². The van der Waals surface area contributed by atoms with E-state index in [1.54, 1.807) is 12.3 Å². The molecule has 0 fully saturated rings. The summed E-state index contributed by atoms with van der Waals surface area (Å²) in [4.78, 5) is 4.22. The van der Waals surface area contributed by atoms with Crippen LogP contribution in [0.1, 0.15) is 31.2 Å². The van der Waals surface area contributed by atoms with Gasteiger partial charge in [-0.3, -0.25) is 4.98 Å². The second-order valence-corrected chi connectivity index (χ2v) is 5.42. The molecule has 1 atom stereocenters. The summed E-state index contributed by atoms with van der Waals surface area (Å²) in [5, 5.41) is 10.4. The largest absolute Gasteiger partial charge is 0.491 e. The standard InChI is InChI=1S/C15H16BrNO2/c1-10(2)19-14-6-4-3-5-12(14)15(18)13-8-7-11(16)9-17-13/h3-10,15,18H,1-2H3. The Labute approximate surface area is 121 Å². The topological polar surface area (TPSA) is 42.4 Å². The minimum absolute atomic E-state index is 0.0613. The van der Waals surface area contributed by atoms with Gasteiger partial charge in [0.05, 0.1) is 11.8 Å². The molecule has 0 aliphatic carbocycles. The summed E-state index contributed by atoms with van der Waals surface area (Å²) in [5.74, 6) is 0.690. The highest BCUT2D eigenvalue weighted by Crippen LogP contribution is 2.29. The quantitative estimate of drug-likeness (QED) is 0.933. The number of aliphatic hydroxyl groups is 1. The molecule has 1 heterocycles. The number of aliphatic hydroxyl groups excluding tert-OH is 1. The van der Waals surface area contributed by atoms with Gasteiger partial charge in [0.15, 0.2) is 0 Å². The van der Waals surface area contributed by atoms with Crippen LogP contribution < -0.4 is 4.74 Å². The molecule has 0 saturated carbocycles. The molecule has 1 aromatic carbocycles. The van der Waals surface area contributed by atoms with Gasteiger partial charge in [0.25, 0.3) is 0 Å². The Hall–Kier alpha value is -1.39. The molecule has 0 radical (unpaired) electrons. The number of nitrogens with zero attached hydrogens (tertiary/aromatic N) is 1. The smallest absolute Gasteiger partial charge is 0.125 e. The summed E-state index contributed by atoms with van der Waals surface area (Å²) in [6, 6.07) is 11.1. The SMILES string of the molecule is CC(C)Oc1ccccc1C(O)c1ccc(Br)cn1. The highest BCUT2D eigenvalue weighted by molar-refractivity contribution is 9.10. The molecule has 0 bridgehead atoms. The van der Waals surface area contributed by atoms with Crippen molar-refractivity contribution in [2.75, 3.05) is 0 Å². The number of ether oxygens (including phenoxy) is 1. The third kappa shape index (κ3) is 3.55. The lowest BCUT2D eigenvalue weighted by Crippen LogP contribution is -2.10. The molecule has 4 heteroatoms. The van der Waals surface area contributed by atoms with Crippen molar-refractivity contribution in [1.29, 1.82) is 0 Å². The molecule has 1 N–H and O–H groups in total. The second-order valence-electron chi connectivity index (χ2n) is 4.51. The first-order valence-corrected chi connectivity index (χ1v) is 6.92. The van der Waals surface area contributed by atoms with E-state index in [0.29, 0.717) is 11.4 Å². The predicted octanol–water partition coefficient (Wildman–Crippen LogP) is 3.71. The van der Waals surface area contributed by atoms with Crippen LogP contribution in [0.15, 0.2) is 47.1 Å². The highest BCUT2D eigenvalue weighted by atomic mass is 79.9. The minimum atomic E-state index is -0.789. The van der Waals surface area contributed by atoms with Crippen molar-refractivity contribution < 1.29 is 9.84 Å². The Balaban J connectivity index is 2.32. The summed E-state index contributed by atoms with van der Waals surface area (Å²) in [5.41, 5.74) is 1.33. The number of pyridine rings is 1. The van der Waals surface area contributed by atoms with Crippen LogP contribution in [0.5, 0.6) is 5.75 Å². The zero-order chi connectivity index (χ0) is 13.8. The minimum Gasteiger partial charge on any atom is -0.491 e. The van der Waals surface area contributed by atoms with Gasteiger partial charge < -0.3 is 9.84 Å². The van der Waals surface area contributed by atoms with Crippen molar-refractivity contribution in [2.24, 2.45) is 0 Å². The van der Waals surface area contributed by atoms with E-state index in [9.17, 15) is 5.11 Å². The molecule has 100 valence electrons. The summed E-state index contributed by atoms with van der Waals surface area (Å²) in [7, 11) is 0. The number of hydrogen-bond acceptors (Lipinski definition) is 3. The second kappa shape index (κ2) is 6.17. The van der Waals surface area contributed by atoms with Gasteiger partial charge >= 0.3 is 0 Å². The van der Waals surface area contributed by atoms with Gasteiger partial charge in [-0.05, 0) is 48.0 Å². The van der Waals surface area contributed by atoms with Crippen LogP contribution in [0.3, 0.4) is 0 Å². The van der Waals surface area contributed by atoms with Gasteiger partial charge in [-0.15, -0.1) is 0 Å². The first-order valence-electron chi connectivity index (χ1n) is 6.13. The number of para-hydroxylation sites is 1. The molecule has 0 aliphatic rings. The molecule has 19 heavy (non-hydrogen) atoms. The normalized spacial score (nSPS) is 12.5. The molecule has 0 aliphatic heterocycles. The fourth-order valence-electron chi connectivity index (χ4n) is 1.78. The van der Waals surface area contributed by atoms with Crippen LogP contribution in [-0.4, -0.2) is 16.2 Å². The van der Waals surface area contributed by atoms with Crippen molar-refractivity contribution in [3.63, 3.8) is 0 Å². The van der Waals surface area contributed by atoms with Crippen LogP contribution >= 0.6 is 15.9 Å². The molecule has 0 amide bonds. The summed E-state index contributed by atoms with van der Waals surface area (Å²) >= 11 is 3.33. The van der Waals surface area contributed by atoms with Crippen LogP contribution in [-0.2, 0) is 0 Å². The third-order valence-electron chi connectivity index (χ3n) is 2.61. The first-order chi connectivity index (χ1) is 9.08. The third-order valence-corrected chi connectivity index (χ3v) is 3.08. The van der Waals surface area contributed by atoms with E-state index >= 15 is 0 Å². The molecule has 0 spiro atoms. The summed E-state index contributed by atoms with van der Waals surface area (Å²) in [6.07, 6.45) is 0.944. The van der Waals surface area contributed by atoms with E-state index in [2.05, 4.69) is 20.9 Å². The fourth-order valence-corrected chi connectivity index (χ4v) is 2.01. The lowest BCUT2D eigenvalue weighted by Gasteiger charge is -2.17. The summed E-state index contributed by atoms with van der Waals surface area (Å²) in [6.45, 7) is 3.92. The average molecular weight is 322 g/mol. The van der Waals surface area contributed by atoms with E-state index in [1.165, 1.54) is 0 Å². The van der Waals surface area contributed by atoms with Gasteiger partial charge in [0.2, 0.25) is 0 Å². The molecule has 1 aromatic heterocycles.